The van der Waals surface area contributed by atoms with Gasteiger partial charge in [0, 0.05) is 10.5 Å². The summed E-state index contributed by atoms with van der Waals surface area (Å²) in [7, 11) is 0. The number of hydrogen-bond donors (Lipinski definition) is 2. The third-order valence-corrected chi connectivity index (χ3v) is 4.35. The predicted molar refractivity (Wildman–Crippen MR) is 106 cm³/mol. The molecular weight excluding hydrogens is 482 g/mol. The summed E-state index contributed by atoms with van der Waals surface area (Å²) >= 11 is 2.94. The Morgan fingerprint density at radius 1 is 1.10 bits per heavy atom. The van der Waals surface area contributed by atoms with E-state index in [0.717, 1.165) is 6.07 Å². The van der Waals surface area contributed by atoms with E-state index in [0.29, 0.717) is 6.07 Å². The van der Waals surface area contributed by atoms with E-state index in [-0.39, 0.29) is 28.0 Å². The Morgan fingerprint density at radius 3 is 2.58 bits per heavy atom. The molecule has 0 atom stereocenters. The first-order valence-corrected chi connectivity index (χ1v) is 9.34. The number of amides is 2. The van der Waals surface area contributed by atoms with Crippen LogP contribution in [0.4, 0.5) is 20.2 Å². The van der Waals surface area contributed by atoms with Gasteiger partial charge in [0.25, 0.3) is 5.91 Å². The number of hydrogen-bond acceptors (Lipinski definition) is 7. The minimum Gasteiger partial charge on any atom is -0.452 e. The van der Waals surface area contributed by atoms with Gasteiger partial charge in [0.1, 0.15) is 18.7 Å². The quantitative estimate of drug-likeness (QED) is 0.481. The van der Waals surface area contributed by atoms with Crippen LogP contribution in [-0.2, 0) is 20.9 Å². The molecule has 0 saturated carbocycles. The number of rotatable bonds is 7. The number of esters is 1. The number of benzene rings is 2. The van der Waals surface area contributed by atoms with Crippen LogP contribution in [0, 0.1) is 11.6 Å². The van der Waals surface area contributed by atoms with E-state index in [2.05, 4.69) is 42.1 Å². The first-order valence-electron chi connectivity index (χ1n) is 8.54. The second-order valence-corrected chi connectivity index (χ2v) is 6.82. The molecule has 0 unspecified atom stereocenters. The van der Waals surface area contributed by atoms with E-state index in [1.807, 2.05) is 0 Å². The van der Waals surface area contributed by atoms with Gasteiger partial charge in [-0.15, -0.1) is 5.10 Å². The minimum absolute atomic E-state index is 0.00508. The van der Waals surface area contributed by atoms with Gasteiger partial charge in [-0.05, 0) is 44.6 Å². The van der Waals surface area contributed by atoms with Crippen LogP contribution < -0.4 is 10.6 Å². The molecule has 31 heavy (non-hydrogen) atoms. The number of nitrogens with zero attached hydrogens (tertiary/aromatic N) is 4. The first kappa shape index (κ1) is 22.0. The van der Waals surface area contributed by atoms with Crippen LogP contribution in [0.2, 0.25) is 0 Å². The van der Waals surface area contributed by atoms with E-state index in [1.54, 1.807) is 12.1 Å². The maximum Gasteiger partial charge on any atom is 0.340 e. The Balaban J connectivity index is 1.60. The standard InChI is InChI=1S/C18H13BrF2N6O4/c19-12-5-10(20)6-13(21)17(12)24-16(29)8-31-18(30)11-3-1-2-4-14(11)23-15(28)7-27-9-22-25-26-27/h1-6,9H,7-8H2,(H,23,28)(H,24,29). The Kier molecular flexibility index (Phi) is 6.97. The van der Waals surface area contributed by atoms with Crippen molar-refractivity contribution in [3.05, 3.63) is 64.4 Å². The Morgan fingerprint density at radius 2 is 1.87 bits per heavy atom. The van der Waals surface area contributed by atoms with Gasteiger partial charge < -0.3 is 15.4 Å². The van der Waals surface area contributed by atoms with E-state index in [1.165, 1.54) is 23.1 Å². The molecule has 0 spiro atoms. The molecule has 1 heterocycles. The molecule has 160 valence electrons. The van der Waals surface area contributed by atoms with Gasteiger partial charge in [0.2, 0.25) is 5.91 Å². The lowest BCUT2D eigenvalue weighted by Gasteiger charge is -2.12. The second kappa shape index (κ2) is 9.84. The lowest BCUT2D eigenvalue weighted by molar-refractivity contribution is -0.119. The third-order valence-electron chi connectivity index (χ3n) is 3.72. The number of carbonyl (C=O) groups is 3. The van der Waals surface area contributed by atoms with Gasteiger partial charge >= 0.3 is 5.97 Å². The average Bonchev–Trinajstić information content (AvgIpc) is 3.22. The maximum absolute atomic E-state index is 13.8. The number of carbonyl (C=O) groups excluding carboxylic acids is 3. The first-order chi connectivity index (χ1) is 14.8. The summed E-state index contributed by atoms with van der Waals surface area (Å²) < 4.78 is 33.0. The summed E-state index contributed by atoms with van der Waals surface area (Å²) in [5, 5.41) is 15.1. The maximum atomic E-state index is 13.8. The number of anilines is 2. The zero-order chi connectivity index (χ0) is 22.4. The topological polar surface area (TPSA) is 128 Å². The van der Waals surface area contributed by atoms with Crippen molar-refractivity contribution in [2.24, 2.45) is 0 Å². The van der Waals surface area contributed by atoms with Gasteiger partial charge in [0.05, 0.1) is 16.9 Å². The highest BCUT2D eigenvalue weighted by Gasteiger charge is 2.18. The lowest BCUT2D eigenvalue weighted by Crippen LogP contribution is -2.23. The number of tetrazole rings is 1. The summed E-state index contributed by atoms with van der Waals surface area (Å²) in [6.45, 7) is -0.925. The molecule has 0 saturated heterocycles. The van der Waals surface area contributed by atoms with Crippen molar-refractivity contribution in [1.82, 2.24) is 20.2 Å². The highest BCUT2D eigenvalue weighted by atomic mass is 79.9. The van der Waals surface area contributed by atoms with E-state index >= 15 is 0 Å². The van der Waals surface area contributed by atoms with Crippen LogP contribution in [0.5, 0.6) is 0 Å². The predicted octanol–water partition coefficient (Wildman–Crippen LogP) is 2.15. The van der Waals surface area contributed by atoms with Crippen molar-refractivity contribution >= 4 is 45.1 Å². The number of aromatic nitrogens is 4. The molecule has 0 fully saturated rings. The van der Waals surface area contributed by atoms with E-state index < -0.39 is 36.0 Å². The molecule has 0 aliphatic carbocycles. The van der Waals surface area contributed by atoms with Crippen molar-refractivity contribution in [2.75, 3.05) is 17.2 Å². The normalized spacial score (nSPS) is 10.4. The van der Waals surface area contributed by atoms with Crippen molar-refractivity contribution in [2.45, 2.75) is 6.54 Å². The van der Waals surface area contributed by atoms with Gasteiger partial charge in [-0.2, -0.15) is 0 Å². The molecule has 0 radical (unpaired) electrons. The van der Waals surface area contributed by atoms with Gasteiger partial charge in [-0.25, -0.2) is 18.3 Å². The summed E-state index contributed by atoms with van der Waals surface area (Å²) in [6, 6.07) is 7.56. The number of para-hydroxylation sites is 1. The molecule has 3 aromatic rings. The number of ether oxygens (including phenoxy) is 1. The highest BCUT2D eigenvalue weighted by molar-refractivity contribution is 9.10. The van der Waals surface area contributed by atoms with Crippen LogP contribution in [0.25, 0.3) is 0 Å². The van der Waals surface area contributed by atoms with Crippen LogP contribution in [0.15, 0.2) is 47.2 Å². The molecule has 13 heteroatoms. The van der Waals surface area contributed by atoms with E-state index in [9.17, 15) is 23.2 Å². The van der Waals surface area contributed by atoms with Crippen LogP contribution >= 0.6 is 15.9 Å². The minimum atomic E-state index is -0.998. The Bertz CT molecular complexity index is 1100. The summed E-state index contributed by atoms with van der Waals surface area (Å²) in [6.07, 6.45) is 1.25. The summed E-state index contributed by atoms with van der Waals surface area (Å²) in [4.78, 5) is 36.5. The van der Waals surface area contributed by atoms with Crippen LogP contribution in [-0.4, -0.2) is 44.6 Å². The molecular formula is C18H13BrF2N6O4. The van der Waals surface area contributed by atoms with Gasteiger partial charge in [-0.1, -0.05) is 12.1 Å². The fourth-order valence-corrected chi connectivity index (χ4v) is 2.91. The molecule has 0 bridgehead atoms. The van der Waals surface area contributed by atoms with Crippen molar-refractivity contribution in [3.63, 3.8) is 0 Å². The Labute approximate surface area is 181 Å². The monoisotopic (exact) mass is 494 g/mol. The van der Waals surface area contributed by atoms with E-state index in [4.69, 9.17) is 4.74 Å². The fraction of sp³-hybridized carbons (Fsp3) is 0.111. The van der Waals surface area contributed by atoms with Gasteiger partial charge in [0.15, 0.2) is 12.4 Å². The molecule has 2 aromatic carbocycles. The highest BCUT2D eigenvalue weighted by Crippen LogP contribution is 2.26. The molecule has 3 rings (SSSR count). The molecule has 1 aromatic heterocycles. The molecule has 10 nitrogen and oxygen atoms in total. The SMILES string of the molecule is O=C(Cn1cnnn1)Nc1ccccc1C(=O)OCC(=O)Nc1c(F)cc(F)cc1Br. The number of nitrogens with one attached hydrogen (secondary N) is 2. The molecule has 0 aliphatic heterocycles. The third kappa shape index (κ3) is 5.88. The van der Waals surface area contributed by atoms with Gasteiger partial charge in [-0.3, -0.25) is 9.59 Å². The molecule has 2 N–H and O–H groups in total. The largest absolute Gasteiger partial charge is 0.452 e. The van der Waals surface area contributed by atoms with Crippen LogP contribution in [0.1, 0.15) is 10.4 Å². The average molecular weight is 495 g/mol. The summed E-state index contributed by atoms with van der Waals surface area (Å²) in [5.74, 6) is -4.07. The molecule has 2 amide bonds. The van der Waals surface area contributed by atoms with Crippen molar-refractivity contribution < 1.29 is 27.9 Å². The smallest absolute Gasteiger partial charge is 0.340 e. The Hall–Kier alpha value is -3.74. The van der Waals surface area contributed by atoms with Crippen molar-refractivity contribution in [3.8, 4) is 0 Å². The number of halogens is 3. The van der Waals surface area contributed by atoms with Crippen LogP contribution in [0.3, 0.4) is 0 Å². The zero-order valence-electron chi connectivity index (χ0n) is 15.5. The second-order valence-electron chi connectivity index (χ2n) is 5.97. The lowest BCUT2D eigenvalue weighted by atomic mass is 10.2. The zero-order valence-corrected chi connectivity index (χ0v) is 17.1. The van der Waals surface area contributed by atoms with Crippen molar-refractivity contribution in [1.29, 1.82) is 0 Å². The summed E-state index contributed by atoms with van der Waals surface area (Å²) in [5.41, 5.74) is -0.148. The fourth-order valence-electron chi connectivity index (χ4n) is 2.41. The molecule has 0 aliphatic rings.